The molecular weight excluding hydrogens is 510 g/mol. The topological polar surface area (TPSA) is 74.0 Å². The fourth-order valence-corrected chi connectivity index (χ4v) is 5.37. The second-order valence-corrected chi connectivity index (χ2v) is 11.6. The number of aromatic nitrogens is 3. The standard InChI is InChI=1S/C31H34ClN5O2/c1-20(2)16-26-27-17-23(12-13-36(27)29(34-26)22-6-9-25(32)10-7-22)30(39)37-15-14-35(19-31(37,4)5)28-11-8-24(18-33-28)21(3)38/h6-13,17-18,20,38H,3,14-16,19H2,1-2,4-5H3. The van der Waals surface area contributed by atoms with Gasteiger partial charge in [0.05, 0.1) is 16.7 Å². The summed E-state index contributed by atoms with van der Waals surface area (Å²) in [6, 6.07) is 15.2. The number of piperazine rings is 1. The number of carbonyl (C=O) groups is 1. The predicted octanol–water partition coefficient (Wildman–Crippen LogP) is 6.52. The van der Waals surface area contributed by atoms with Gasteiger partial charge in [-0.3, -0.25) is 9.20 Å². The van der Waals surface area contributed by atoms with E-state index in [2.05, 4.69) is 48.6 Å². The van der Waals surface area contributed by atoms with Crippen molar-refractivity contribution < 1.29 is 9.90 Å². The minimum Gasteiger partial charge on any atom is -0.508 e. The van der Waals surface area contributed by atoms with E-state index in [0.717, 1.165) is 34.8 Å². The molecule has 1 N–H and O–H groups in total. The molecular formula is C31H34ClN5O2. The number of amides is 1. The maximum absolute atomic E-state index is 13.9. The van der Waals surface area contributed by atoms with Crippen molar-refractivity contribution in [1.29, 1.82) is 0 Å². The minimum atomic E-state index is -0.419. The molecule has 202 valence electrons. The number of benzene rings is 1. The number of aliphatic hydroxyl groups is 1. The molecule has 0 unspecified atom stereocenters. The number of hydrogen-bond acceptors (Lipinski definition) is 5. The number of aliphatic hydroxyl groups excluding tert-OH is 1. The zero-order valence-corrected chi connectivity index (χ0v) is 23.6. The molecule has 1 amide bonds. The maximum atomic E-state index is 13.9. The second kappa shape index (κ2) is 10.4. The van der Waals surface area contributed by atoms with Gasteiger partial charge in [0, 0.05) is 53.7 Å². The van der Waals surface area contributed by atoms with E-state index in [1.54, 1.807) is 6.20 Å². The first-order valence-corrected chi connectivity index (χ1v) is 13.6. The molecule has 0 spiro atoms. The van der Waals surface area contributed by atoms with Gasteiger partial charge in [0.1, 0.15) is 17.4 Å². The lowest BCUT2D eigenvalue weighted by Crippen LogP contribution is -2.61. The van der Waals surface area contributed by atoms with E-state index in [9.17, 15) is 9.90 Å². The number of pyridine rings is 2. The molecule has 5 rings (SSSR count). The highest BCUT2D eigenvalue weighted by molar-refractivity contribution is 6.30. The van der Waals surface area contributed by atoms with E-state index in [4.69, 9.17) is 16.6 Å². The fraction of sp³-hybridized carbons (Fsp3) is 0.323. The van der Waals surface area contributed by atoms with Crippen LogP contribution < -0.4 is 4.90 Å². The zero-order chi connectivity index (χ0) is 27.9. The van der Waals surface area contributed by atoms with Crippen molar-refractivity contribution in [3.05, 3.63) is 89.3 Å². The summed E-state index contributed by atoms with van der Waals surface area (Å²) in [4.78, 5) is 27.5. The Kier molecular flexibility index (Phi) is 7.12. The molecule has 7 nitrogen and oxygen atoms in total. The number of halogens is 1. The molecule has 1 aliphatic heterocycles. The van der Waals surface area contributed by atoms with Crippen LogP contribution in [0.25, 0.3) is 22.7 Å². The first kappa shape index (κ1) is 26.8. The Bertz CT molecular complexity index is 1520. The summed E-state index contributed by atoms with van der Waals surface area (Å²) in [5.74, 6) is 2.08. The summed E-state index contributed by atoms with van der Waals surface area (Å²) in [7, 11) is 0. The van der Waals surface area contributed by atoms with Crippen LogP contribution in [-0.2, 0) is 6.42 Å². The molecule has 3 aromatic heterocycles. The average Bonchev–Trinajstić information content (AvgIpc) is 3.25. The van der Waals surface area contributed by atoms with Crippen molar-refractivity contribution >= 4 is 34.6 Å². The molecule has 0 bridgehead atoms. The number of rotatable bonds is 6. The zero-order valence-electron chi connectivity index (χ0n) is 22.9. The van der Waals surface area contributed by atoms with Crippen LogP contribution in [0.4, 0.5) is 5.82 Å². The molecule has 0 aliphatic carbocycles. The summed E-state index contributed by atoms with van der Waals surface area (Å²) < 4.78 is 2.07. The van der Waals surface area contributed by atoms with Gasteiger partial charge in [0.25, 0.3) is 5.91 Å². The van der Waals surface area contributed by atoms with E-state index >= 15 is 0 Å². The number of anilines is 1. The van der Waals surface area contributed by atoms with Gasteiger partial charge < -0.3 is 14.9 Å². The molecule has 1 aliphatic rings. The fourth-order valence-electron chi connectivity index (χ4n) is 5.25. The Balaban J connectivity index is 1.43. The third kappa shape index (κ3) is 5.36. The molecule has 8 heteroatoms. The third-order valence-electron chi connectivity index (χ3n) is 7.22. The molecule has 1 fully saturated rings. The quantitative estimate of drug-likeness (QED) is 0.280. The lowest BCUT2D eigenvalue weighted by atomic mass is 9.97. The third-order valence-corrected chi connectivity index (χ3v) is 7.47. The van der Waals surface area contributed by atoms with Crippen LogP contribution in [0.3, 0.4) is 0 Å². The van der Waals surface area contributed by atoms with Crippen LogP contribution in [0.1, 0.15) is 49.3 Å². The van der Waals surface area contributed by atoms with Crippen LogP contribution in [-0.4, -0.2) is 55.5 Å². The number of imidazole rings is 1. The van der Waals surface area contributed by atoms with Crippen molar-refractivity contribution in [3.8, 4) is 11.4 Å². The van der Waals surface area contributed by atoms with E-state index in [0.29, 0.717) is 41.7 Å². The highest BCUT2D eigenvalue weighted by Gasteiger charge is 2.37. The Morgan fingerprint density at radius 2 is 1.85 bits per heavy atom. The lowest BCUT2D eigenvalue weighted by Gasteiger charge is -2.47. The van der Waals surface area contributed by atoms with Crippen molar-refractivity contribution in [2.24, 2.45) is 5.92 Å². The summed E-state index contributed by atoms with van der Waals surface area (Å²) in [5, 5.41) is 10.3. The summed E-state index contributed by atoms with van der Waals surface area (Å²) in [6.07, 6.45) is 4.39. The minimum absolute atomic E-state index is 0.00297. The van der Waals surface area contributed by atoms with Crippen molar-refractivity contribution in [2.45, 2.75) is 39.7 Å². The number of nitrogens with zero attached hydrogens (tertiary/aromatic N) is 5. The number of fused-ring (bicyclic) bond motifs is 1. The Morgan fingerprint density at radius 1 is 1.10 bits per heavy atom. The smallest absolute Gasteiger partial charge is 0.254 e. The molecule has 0 atom stereocenters. The van der Waals surface area contributed by atoms with Crippen molar-refractivity contribution in [1.82, 2.24) is 19.3 Å². The van der Waals surface area contributed by atoms with Crippen LogP contribution >= 0.6 is 11.6 Å². The molecule has 0 radical (unpaired) electrons. The van der Waals surface area contributed by atoms with E-state index in [-0.39, 0.29) is 11.7 Å². The second-order valence-electron chi connectivity index (χ2n) is 11.2. The molecule has 4 aromatic rings. The summed E-state index contributed by atoms with van der Waals surface area (Å²) in [6.45, 7) is 13.9. The normalized spacial score (nSPS) is 15.2. The largest absolute Gasteiger partial charge is 0.508 e. The van der Waals surface area contributed by atoms with Gasteiger partial charge in [0.15, 0.2) is 0 Å². The van der Waals surface area contributed by atoms with Crippen LogP contribution in [0.5, 0.6) is 0 Å². The molecule has 1 aromatic carbocycles. The average molecular weight is 544 g/mol. The van der Waals surface area contributed by atoms with Gasteiger partial charge in [-0.1, -0.05) is 32.0 Å². The van der Waals surface area contributed by atoms with Crippen LogP contribution in [0.15, 0.2) is 67.5 Å². The van der Waals surface area contributed by atoms with Crippen molar-refractivity contribution in [3.63, 3.8) is 0 Å². The SMILES string of the molecule is C=C(O)c1ccc(N2CCN(C(=O)c3ccn4c(-c5ccc(Cl)cc5)nc(CC(C)C)c4c3)C(C)(C)C2)nc1. The molecule has 4 heterocycles. The van der Waals surface area contributed by atoms with E-state index in [1.807, 2.05) is 59.6 Å². The summed E-state index contributed by atoms with van der Waals surface area (Å²) in [5.41, 5.74) is 3.74. The first-order valence-electron chi connectivity index (χ1n) is 13.2. The van der Waals surface area contributed by atoms with Gasteiger partial charge in [0.2, 0.25) is 0 Å². The number of hydrogen-bond donors (Lipinski definition) is 1. The van der Waals surface area contributed by atoms with Gasteiger partial charge in [-0.25, -0.2) is 9.97 Å². The van der Waals surface area contributed by atoms with E-state index in [1.165, 1.54) is 0 Å². The molecule has 1 saturated heterocycles. The monoisotopic (exact) mass is 543 g/mol. The predicted molar refractivity (Wildman–Crippen MR) is 157 cm³/mol. The van der Waals surface area contributed by atoms with Crippen LogP contribution in [0.2, 0.25) is 5.02 Å². The Labute approximate surface area is 234 Å². The number of carbonyl (C=O) groups excluding carboxylic acids is 1. The highest BCUT2D eigenvalue weighted by Crippen LogP contribution is 2.30. The Hall–Kier alpha value is -3.84. The van der Waals surface area contributed by atoms with Gasteiger partial charge in [-0.05, 0) is 74.7 Å². The molecule has 39 heavy (non-hydrogen) atoms. The first-order chi connectivity index (χ1) is 18.5. The van der Waals surface area contributed by atoms with Gasteiger partial charge in [-0.2, -0.15) is 0 Å². The highest BCUT2D eigenvalue weighted by atomic mass is 35.5. The van der Waals surface area contributed by atoms with Crippen molar-refractivity contribution in [2.75, 3.05) is 24.5 Å². The Morgan fingerprint density at radius 3 is 2.46 bits per heavy atom. The lowest BCUT2D eigenvalue weighted by molar-refractivity contribution is 0.0513. The molecule has 0 saturated carbocycles. The van der Waals surface area contributed by atoms with Crippen LogP contribution in [0, 0.1) is 5.92 Å². The summed E-state index contributed by atoms with van der Waals surface area (Å²) >= 11 is 6.12. The van der Waals surface area contributed by atoms with Gasteiger partial charge in [-0.15, -0.1) is 0 Å². The van der Waals surface area contributed by atoms with E-state index < -0.39 is 5.54 Å². The van der Waals surface area contributed by atoms with Gasteiger partial charge >= 0.3 is 0 Å². The maximum Gasteiger partial charge on any atom is 0.254 e.